The molecule has 0 saturated heterocycles. The number of halogens is 3. The van der Waals surface area contributed by atoms with Gasteiger partial charge in [0, 0.05) is 42.4 Å². The van der Waals surface area contributed by atoms with E-state index in [-0.39, 0.29) is 46.8 Å². The summed E-state index contributed by atoms with van der Waals surface area (Å²) in [5.74, 6) is -0.0270. The van der Waals surface area contributed by atoms with Crippen LogP contribution in [0.15, 0.2) is 59.9 Å². The van der Waals surface area contributed by atoms with Crippen molar-refractivity contribution in [3.8, 4) is 28.7 Å². The third-order valence-corrected chi connectivity index (χ3v) is 6.48. The summed E-state index contributed by atoms with van der Waals surface area (Å²) in [7, 11) is -1.44. The van der Waals surface area contributed by atoms with Gasteiger partial charge in [0.15, 0.2) is 11.5 Å². The molecule has 0 amide bonds. The average Bonchev–Trinajstić information content (AvgIpc) is 3.74. The van der Waals surface area contributed by atoms with E-state index in [0.29, 0.717) is 22.2 Å². The first-order valence-electron chi connectivity index (χ1n) is 13.9. The molecule has 1 aromatic carbocycles. The van der Waals surface area contributed by atoms with Gasteiger partial charge in [-0.1, -0.05) is 24.3 Å². The summed E-state index contributed by atoms with van der Waals surface area (Å²) >= 11 is 0. The summed E-state index contributed by atoms with van der Waals surface area (Å²) in [5, 5.41) is 0.541. The standard InChI is InChI=1S/C27H22F3N7O2/c1-36-13-19(27(28,29)30)34-24(36)17-5-3-15(4-6-17)12-37-20(38)10-9-18-11-31-23(35-25(18)37)21-22(16-7-8-16)32-14-33-26(21)39-2/h3-6,9-11,13-14,16H,7-8,12H2,1-2H3/i2D3,13D. The molecule has 39 heavy (non-hydrogen) atoms. The van der Waals surface area contributed by atoms with Crippen LogP contribution in [0.2, 0.25) is 0 Å². The maximum absolute atomic E-state index is 13.2. The molecule has 9 nitrogen and oxygen atoms in total. The summed E-state index contributed by atoms with van der Waals surface area (Å²) in [6.07, 6.45) is -1.05. The topological polar surface area (TPSA) is 101 Å². The van der Waals surface area contributed by atoms with Gasteiger partial charge in [-0.25, -0.2) is 24.9 Å². The van der Waals surface area contributed by atoms with Crippen molar-refractivity contribution >= 4 is 11.0 Å². The summed E-state index contributed by atoms with van der Waals surface area (Å²) < 4.78 is 77.8. The highest BCUT2D eigenvalue weighted by molar-refractivity contribution is 5.78. The van der Waals surface area contributed by atoms with Crippen LogP contribution in [0.25, 0.3) is 33.8 Å². The Morgan fingerprint density at radius 1 is 1.10 bits per heavy atom. The molecule has 0 unspecified atom stereocenters. The molecule has 6 rings (SSSR count). The molecule has 1 fully saturated rings. The van der Waals surface area contributed by atoms with E-state index in [0.717, 1.165) is 17.4 Å². The van der Waals surface area contributed by atoms with E-state index in [9.17, 15) is 18.0 Å². The third-order valence-electron chi connectivity index (χ3n) is 6.48. The minimum atomic E-state index is -4.76. The number of ether oxygens (including phenoxy) is 1. The van der Waals surface area contributed by atoms with Gasteiger partial charge in [0.1, 0.15) is 23.4 Å². The molecule has 4 aromatic heterocycles. The lowest BCUT2D eigenvalue weighted by atomic mass is 10.1. The zero-order chi connectivity index (χ0) is 30.7. The number of hydrogen-bond donors (Lipinski definition) is 0. The minimum Gasteiger partial charge on any atom is -0.480 e. The van der Waals surface area contributed by atoms with E-state index in [1.165, 1.54) is 30.2 Å². The molecule has 0 atom stereocenters. The van der Waals surface area contributed by atoms with Crippen LogP contribution in [0.1, 0.15) is 41.2 Å². The van der Waals surface area contributed by atoms with Crippen LogP contribution >= 0.6 is 0 Å². The zero-order valence-electron chi connectivity index (χ0n) is 24.4. The van der Waals surface area contributed by atoms with Gasteiger partial charge >= 0.3 is 6.18 Å². The normalized spacial score (nSPS) is 15.5. The van der Waals surface area contributed by atoms with Crippen molar-refractivity contribution in [1.82, 2.24) is 34.1 Å². The van der Waals surface area contributed by atoms with Crippen LogP contribution in [-0.4, -0.2) is 41.1 Å². The van der Waals surface area contributed by atoms with Crippen LogP contribution in [0, 0.1) is 0 Å². The predicted molar refractivity (Wildman–Crippen MR) is 136 cm³/mol. The van der Waals surface area contributed by atoms with Gasteiger partial charge in [0.05, 0.1) is 24.8 Å². The molecule has 1 aliphatic rings. The van der Waals surface area contributed by atoms with E-state index in [4.69, 9.17) is 10.2 Å². The molecule has 1 saturated carbocycles. The van der Waals surface area contributed by atoms with Gasteiger partial charge in [-0.15, -0.1) is 0 Å². The number of nitrogens with zero attached hydrogens (tertiary/aromatic N) is 7. The molecule has 4 heterocycles. The second kappa shape index (κ2) is 9.29. The first kappa shape index (κ1) is 20.4. The zero-order valence-corrected chi connectivity index (χ0v) is 20.4. The van der Waals surface area contributed by atoms with Crippen molar-refractivity contribution in [2.75, 3.05) is 7.04 Å². The molecular weight excluding hydrogens is 511 g/mol. The predicted octanol–water partition coefficient (Wildman–Crippen LogP) is 4.60. The SMILES string of the molecule is [2H]c1c(C(F)(F)F)nc(-c2ccc(Cn3c(=O)ccc4cnc(-c5c(OC([2H])([2H])[2H])ncnc5C5CC5)nc43)cc2)n1C. The Kier molecular flexibility index (Phi) is 4.85. The summed E-state index contributed by atoms with van der Waals surface area (Å²) in [6, 6.07) is 9.36. The number of imidazole rings is 1. The number of methoxy groups -OCH3 is 1. The number of aromatic nitrogens is 7. The third kappa shape index (κ3) is 4.62. The lowest BCUT2D eigenvalue weighted by Gasteiger charge is -2.13. The number of pyridine rings is 1. The van der Waals surface area contributed by atoms with Crippen LogP contribution in [0.5, 0.6) is 5.88 Å². The maximum Gasteiger partial charge on any atom is 0.434 e. The smallest absolute Gasteiger partial charge is 0.434 e. The molecule has 198 valence electrons. The largest absolute Gasteiger partial charge is 0.480 e. The molecule has 0 spiro atoms. The molecule has 0 radical (unpaired) electrons. The van der Waals surface area contributed by atoms with Crippen LogP contribution in [0.4, 0.5) is 13.2 Å². The average molecular weight is 538 g/mol. The molecule has 12 heteroatoms. The van der Waals surface area contributed by atoms with E-state index in [1.54, 1.807) is 30.3 Å². The van der Waals surface area contributed by atoms with E-state index in [1.807, 2.05) is 0 Å². The first-order valence-corrected chi connectivity index (χ1v) is 11.9. The van der Waals surface area contributed by atoms with Gasteiger partial charge in [0.25, 0.3) is 5.56 Å². The van der Waals surface area contributed by atoms with Crippen molar-refractivity contribution < 1.29 is 23.4 Å². The fourth-order valence-electron chi connectivity index (χ4n) is 4.43. The van der Waals surface area contributed by atoms with Crippen molar-refractivity contribution in [2.45, 2.75) is 31.5 Å². The molecular formula is C27H22F3N7O2. The van der Waals surface area contributed by atoms with Crippen LogP contribution in [0.3, 0.4) is 0 Å². The van der Waals surface area contributed by atoms with Crippen molar-refractivity contribution in [1.29, 1.82) is 0 Å². The number of fused-ring (bicyclic) bond motifs is 1. The molecule has 0 N–H and O–H groups in total. The van der Waals surface area contributed by atoms with Gasteiger partial charge in [-0.3, -0.25) is 9.36 Å². The minimum absolute atomic E-state index is 0.0183. The van der Waals surface area contributed by atoms with E-state index in [2.05, 4.69) is 24.9 Å². The molecule has 0 aliphatic heterocycles. The molecule has 1 aliphatic carbocycles. The maximum atomic E-state index is 13.2. The second-order valence-electron chi connectivity index (χ2n) is 9.20. The summed E-state index contributed by atoms with van der Waals surface area (Å²) in [5.41, 5.74) is 0.444. The van der Waals surface area contributed by atoms with Crippen molar-refractivity contribution in [3.05, 3.63) is 82.4 Å². The lowest BCUT2D eigenvalue weighted by Crippen LogP contribution is -2.21. The highest BCUT2D eigenvalue weighted by Crippen LogP contribution is 2.44. The quantitative estimate of drug-likeness (QED) is 0.312. The second-order valence-corrected chi connectivity index (χ2v) is 9.20. The number of benzene rings is 1. The van der Waals surface area contributed by atoms with Crippen LogP contribution in [-0.2, 0) is 19.8 Å². The first-order chi connectivity index (χ1) is 20.3. The number of rotatable bonds is 6. The Bertz CT molecular complexity index is 1920. The van der Waals surface area contributed by atoms with Gasteiger partial charge in [-0.05, 0) is 24.5 Å². The number of hydrogen-bond acceptors (Lipinski definition) is 7. The fraction of sp³-hybridized carbons (Fsp3) is 0.259. The Labute approximate surface area is 225 Å². The Hall–Kier alpha value is -4.61. The van der Waals surface area contributed by atoms with Crippen molar-refractivity contribution in [3.63, 3.8) is 0 Å². The summed E-state index contributed by atoms with van der Waals surface area (Å²) in [6.45, 7) is 0.0599. The summed E-state index contributed by atoms with van der Waals surface area (Å²) in [4.78, 5) is 34.1. The fourth-order valence-corrected chi connectivity index (χ4v) is 4.43. The van der Waals surface area contributed by atoms with E-state index < -0.39 is 25.1 Å². The van der Waals surface area contributed by atoms with E-state index >= 15 is 0 Å². The molecule has 5 aromatic rings. The molecule has 0 bridgehead atoms. The lowest BCUT2D eigenvalue weighted by molar-refractivity contribution is -0.140. The Morgan fingerprint density at radius 3 is 2.59 bits per heavy atom. The van der Waals surface area contributed by atoms with Gasteiger partial charge in [-0.2, -0.15) is 13.2 Å². The van der Waals surface area contributed by atoms with Crippen molar-refractivity contribution in [2.24, 2.45) is 7.05 Å². The monoisotopic (exact) mass is 537 g/mol. The Balaban J connectivity index is 1.39. The highest BCUT2D eigenvalue weighted by atomic mass is 19.4. The number of alkyl halides is 3. The van der Waals surface area contributed by atoms with Gasteiger partial charge in [0.2, 0.25) is 5.88 Å². The Morgan fingerprint density at radius 2 is 1.90 bits per heavy atom. The van der Waals surface area contributed by atoms with Crippen LogP contribution < -0.4 is 10.3 Å². The van der Waals surface area contributed by atoms with Gasteiger partial charge < -0.3 is 9.30 Å². The highest BCUT2D eigenvalue weighted by Gasteiger charge is 2.34.